The van der Waals surface area contributed by atoms with Gasteiger partial charge < -0.3 is 10.3 Å². The molecule has 2 N–H and O–H groups in total. The average Bonchev–Trinajstić information content (AvgIpc) is 3.04. The molecule has 0 unspecified atom stereocenters. The zero-order valence-electron chi connectivity index (χ0n) is 15.8. The van der Waals surface area contributed by atoms with Crippen LogP contribution in [-0.4, -0.2) is 31.0 Å². The molecule has 2 aromatic heterocycles. The van der Waals surface area contributed by atoms with E-state index in [0.717, 1.165) is 60.2 Å². The molecule has 0 amide bonds. The molecule has 4 aromatic rings. The fourth-order valence-electron chi connectivity index (χ4n) is 3.82. The van der Waals surface area contributed by atoms with Gasteiger partial charge >= 0.3 is 0 Å². The van der Waals surface area contributed by atoms with Crippen molar-refractivity contribution in [2.24, 2.45) is 7.05 Å². The van der Waals surface area contributed by atoms with Crippen LogP contribution in [0.2, 0.25) is 0 Å². The SMILES string of the molecule is Cn1c(CN2CCc3nc(-c4ccc(N)cc4)ncc3C2)nc2ccccc21. The summed E-state index contributed by atoms with van der Waals surface area (Å²) in [5.41, 5.74) is 12.1. The van der Waals surface area contributed by atoms with Gasteiger partial charge in [0.15, 0.2) is 5.82 Å². The van der Waals surface area contributed by atoms with Crippen molar-refractivity contribution in [3.63, 3.8) is 0 Å². The van der Waals surface area contributed by atoms with Crippen LogP contribution >= 0.6 is 0 Å². The molecule has 6 heteroatoms. The highest BCUT2D eigenvalue weighted by Gasteiger charge is 2.20. The van der Waals surface area contributed by atoms with E-state index < -0.39 is 0 Å². The summed E-state index contributed by atoms with van der Waals surface area (Å²) in [7, 11) is 2.09. The standard InChI is InChI=1S/C22H22N6/c1-27-20-5-3-2-4-19(20)25-21(27)14-28-11-10-18-16(13-28)12-24-22(26-18)15-6-8-17(23)9-7-15/h2-9,12H,10-11,13-14,23H2,1H3. The summed E-state index contributed by atoms with van der Waals surface area (Å²) in [6, 6.07) is 16.0. The van der Waals surface area contributed by atoms with Crippen LogP contribution in [0, 0.1) is 0 Å². The third-order valence-corrected chi connectivity index (χ3v) is 5.43. The van der Waals surface area contributed by atoms with E-state index in [-0.39, 0.29) is 0 Å². The fraction of sp³-hybridized carbons (Fsp3) is 0.227. The number of benzene rings is 2. The molecule has 0 atom stereocenters. The van der Waals surface area contributed by atoms with Crippen molar-refractivity contribution in [1.29, 1.82) is 0 Å². The van der Waals surface area contributed by atoms with E-state index >= 15 is 0 Å². The quantitative estimate of drug-likeness (QED) is 0.561. The van der Waals surface area contributed by atoms with Gasteiger partial charge in [-0.05, 0) is 36.4 Å². The molecule has 0 aliphatic carbocycles. The second kappa shape index (κ2) is 6.73. The first-order valence-electron chi connectivity index (χ1n) is 9.51. The second-order valence-electron chi connectivity index (χ2n) is 7.32. The maximum Gasteiger partial charge on any atom is 0.159 e. The third-order valence-electron chi connectivity index (χ3n) is 5.43. The van der Waals surface area contributed by atoms with Gasteiger partial charge in [-0.3, -0.25) is 4.90 Å². The van der Waals surface area contributed by atoms with Gasteiger partial charge in [0.25, 0.3) is 0 Å². The molecular weight excluding hydrogens is 348 g/mol. The largest absolute Gasteiger partial charge is 0.399 e. The Morgan fingerprint density at radius 3 is 2.68 bits per heavy atom. The molecule has 6 nitrogen and oxygen atoms in total. The maximum atomic E-state index is 5.78. The summed E-state index contributed by atoms with van der Waals surface area (Å²) in [6.45, 7) is 2.64. The number of aromatic nitrogens is 4. The first kappa shape index (κ1) is 16.9. The Balaban J connectivity index is 1.36. The van der Waals surface area contributed by atoms with Gasteiger partial charge in [0.05, 0.1) is 23.3 Å². The first-order valence-corrected chi connectivity index (χ1v) is 9.51. The molecule has 140 valence electrons. The number of rotatable bonds is 3. The molecule has 0 saturated carbocycles. The molecular formula is C22H22N6. The van der Waals surface area contributed by atoms with Gasteiger partial charge in [-0.25, -0.2) is 15.0 Å². The number of para-hydroxylation sites is 2. The van der Waals surface area contributed by atoms with E-state index in [9.17, 15) is 0 Å². The normalized spacial score (nSPS) is 14.3. The lowest BCUT2D eigenvalue weighted by atomic mass is 10.1. The Bertz CT molecular complexity index is 1150. The van der Waals surface area contributed by atoms with E-state index in [1.807, 2.05) is 36.5 Å². The lowest BCUT2D eigenvalue weighted by molar-refractivity contribution is 0.235. The average molecular weight is 370 g/mol. The van der Waals surface area contributed by atoms with Crippen LogP contribution in [-0.2, 0) is 26.6 Å². The number of hydrogen-bond donors (Lipinski definition) is 1. The van der Waals surface area contributed by atoms with Gasteiger partial charge in [-0.2, -0.15) is 0 Å². The zero-order chi connectivity index (χ0) is 19.1. The summed E-state index contributed by atoms with van der Waals surface area (Å²) >= 11 is 0. The molecule has 0 spiro atoms. The number of nitrogens with two attached hydrogens (primary N) is 1. The molecule has 0 radical (unpaired) electrons. The summed E-state index contributed by atoms with van der Waals surface area (Å²) in [5, 5.41) is 0. The van der Waals surface area contributed by atoms with Gasteiger partial charge in [0, 0.05) is 49.6 Å². The number of hydrogen-bond acceptors (Lipinski definition) is 5. The van der Waals surface area contributed by atoms with E-state index in [2.05, 4.69) is 39.7 Å². The molecule has 1 aliphatic rings. The van der Waals surface area contributed by atoms with E-state index in [4.69, 9.17) is 15.7 Å². The van der Waals surface area contributed by atoms with E-state index in [0.29, 0.717) is 0 Å². The molecule has 0 saturated heterocycles. The Morgan fingerprint density at radius 1 is 1.04 bits per heavy atom. The van der Waals surface area contributed by atoms with Crippen molar-refractivity contribution in [2.45, 2.75) is 19.5 Å². The molecule has 28 heavy (non-hydrogen) atoms. The van der Waals surface area contributed by atoms with Crippen LogP contribution in [0.4, 0.5) is 5.69 Å². The molecule has 2 aromatic carbocycles. The Morgan fingerprint density at radius 2 is 1.86 bits per heavy atom. The fourth-order valence-corrected chi connectivity index (χ4v) is 3.82. The Labute approximate surface area is 163 Å². The molecule has 0 bridgehead atoms. The van der Waals surface area contributed by atoms with Gasteiger partial charge in [-0.15, -0.1) is 0 Å². The van der Waals surface area contributed by atoms with Crippen LogP contribution in [0.25, 0.3) is 22.4 Å². The lowest BCUT2D eigenvalue weighted by Gasteiger charge is -2.27. The Hall–Kier alpha value is -3.25. The van der Waals surface area contributed by atoms with Crippen LogP contribution in [0.15, 0.2) is 54.7 Å². The van der Waals surface area contributed by atoms with Crippen molar-refractivity contribution in [3.8, 4) is 11.4 Å². The van der Waals surface area contributed by atoms with Crippen molar-refractivity contribution in [2.75, 3.05) is 12.3 Å². The van der Waals surface area contributed by atoms with Crippen LogP contribution in [0.1, 0.15) is 17.1 Å². The minimum atomic E-state index is 0.749. The summed E-state index contributed by atoms with van der Waals surface area (Å²) in [5.74, 6) is 1.85. The number of imidazole rings is 1. The smallest absolute Gasteiger partial charge is 0.159 e. The summed E-state index contributed by atoms with van der Waals surface area (Å²) in [6.07, 6.45) is 2.89. The zero-order valence-corrected chi connectivity index (χ0v) is 15.8. The predicted octanol–water partition coefficient (Wildman–Crippen LogP) is 3.17. The van der Waals surface area contributed by atoms with Crippen LogP contribution < -0.4 is 5.73 Å². The molecule has 0 fully saturated rings. The van der Waals surface area contributed by atoms with Gasteiger partial charge in [-0.1, -0.05) is 12.1 Å². The van der Waals surface area contributed by atoms with Gasteiger partial charge in [0.1, 0.15) is 5.82 Å². The topological polar surface area (TPSA) is 72.9 Å². The Kier molecular flexibility index (Phi) is 4.06. The summed E-state index contributed by atoms with van der Waals surface area (Å²) in [4.78, 5) is 16.6. The number of nitrogen functional groups attached to an aromatic ring is 1. The molecule has 3 heterocycles. The third kappa shape index (κ3) is 3.01. The highest BCUT2D eigenvalue weighted by atomic mass is 15.2. The molecule has 1 aliphatic heterocycles. The lowest BCUT2D eigenvalue weighted by Crippen LogP contribution is -2.31. The number of aryl methyl sites for hydroxylation is 1. The number of fused-ring (bicyclic) bond motifs is 2. The highest BCUT2D eigenvalue weighted by Crippen LogP contribution is 2.23. The first-order chi connectivity index (χ1) is 13.7. The monoisotopic (exact) mass is 370 g/mol. The predicted molar refractivity (Wildman–Crippen MR) is 110 cm³/mol. The van der Waals surface area contributed by atoms with Crippen molar-refractivity contribution in [3.05, 3.63) is 71.8 Å². The number of anilines is 1. The number of nitrogens with zero attached hydrogens (tertiary/aromatic N) is 5. The maximum absolute atomic E-state index is 5.78. The van der Waals surface area contributed by atoms with Crippen LogP contribution in [0.3, 0.4) is 0 Å². The van der Waals surface area contributed by atoms with Crippen molar-refractivity contribution < 1.29 is 0 Å². The van der Waals surface area contributed by atoms with Crippen molar-refractivity contribution in [1.82, 2.24) is 24.4 Å². The van der Waals surface area contributed by atoms with E-state index in [1.54, 1.807) is 0 Å². The minimum absolute atomic E-state index is 0.749. The highest BCUT2D eigenvalue weighted by molar-refractivity contribution is 5.75. The van der Waals surface area contributed by atoms with Gasteiger partial charge in [0.2, 0.25) is 0 Å². The van der Waals surface area contributed by atoms with Crippen molar-refractivity contribution >= 4 is 16.7 Å². The second-order valence-corrected chi connectivity index (χ2v) is 7.32. The van der Waals surface area contributed by atoms with Crippen LogP contribution in [0.5, 0.6) is 0 Å². The minimum Gasteiger partial charge on any atom is -0.399 e. The molecule has 5 rings (SSSR count). The summed E-state index contributed by atoms with van der Waals surface area (Å²) < 4.78 is 2.19. The van der Waals surface area contributed by atoms with E-state index in [1.165, 1.54) is 11.1 Å².